The van der Waals surface area contributed by atoms with Crippen LogP contribution in [0.25, 0.3) is 0 Å². The molecule has 1 aromatic rings. The number of benzene rings is 1. The summed E-state index contributed by atoms with van der Waals surface area (Å²) in [6.07, 6.45) is 1.35. The van der Waals surface area contributed by atoms with Crippen molar-refractivity contribution < 1.29 is 19.0 Å². The number of carboxylic acid groups (broad SMARTS) is 1. The summed E-state index contributed by atoms with van der Waals surface area (Å²) in [4.78, 5) is 10.6. The molecule has 102 valence electrons. The number of halogens is 1. The van der Waals surface area contributed by atoms with E-state index in [1.165, 1.54) is 12.1 Å². The smallest absolute Gasteiger partial charge is 0.338 e. The number of hydrogen-bond donors (Lipinski definition) is 1. The molecule has 0 unspecified atom stereocenters. The first-order valence-corrected chi connectivity index (χ1v) is 5.92. The molecular weight excluding hydrogens is 249 g/mol. The fourth-order valence-corrected chi connectivity index (χ4v) is 1.52. The van der Waals surface area contributed by atoms with Crippen molar-refractivity contribution in [2.75, 3.05) is 6.61 Å². The predicted molar refractivity (Wildman–Crippen MR) is 67.5 cm³/mol. The zero-order chi connectivity index (χ0) is 14.5. The number of nitrogens with zero attached hydrogens (tertiary/aromatic N) is 1. The van der Waals surface area contributed by atoms with Gasteiger partial charge in [-0.3, -0.25) is 0 Å². The average Bonchev–Trinajstić information content (AvgIpc) is 2.34. The van der Waals surface area contributed by atoms with Crippen molar-refractivity contribution in [3.05, 3.63) is 29.6 Å². The standard InChI is InChI=1S/C14H16FNO3/c1-14(2,9-16)6-3-7-19-10-4-5-11(13(17)18)12(15)8-10/h4-5,8H,3,6-7H2,1-2H3,(H,17,18). The molecule has 5 heteroatoms. The second-order valence-electron chi connectivity index (χ2n) is 4.89. The number of ether oxygens (including phenoxy) is 1. The number of hydrogen-bond acceptors (Lipinski definition) is 3. The van der Waals surface area contributed by atoms with Gasteiger partial charge in [0.05, 0.1) is 23.7 Å². The van der Waals surface area contributed by atoms with Gasteiger partial charge in [-0.05, 0) is 38.8 Å². The van der Waals surface area contributed by atoms with Crippen LogP contribution in [0.3, 0.4) is 0 Å². The Hall–Kier alpha value is -2.09. The summed E-state index contributed by atoms with van der Waals surface area (Å²) in [5.41, 5.74) is -0.778. The summed E-state index contributed by atoms with van der Waals surface area (Å²) in [7, 11) is 0. The number of carbonyl (C=O) groups is 1. The number of aromatic carboxylic acids is 1. The van der Waals surface area contributed by atoms with E-state index in [0.29, 0.717) is 19.4 Å². The van der Waals surface area contributed by atoms with Crippen LogP contribution >= 0.6 is 0 Å². The van der Waals surface area contributed by atoms with Gasteiger partial charge in [0.15, 0.2) is 0 Å². The Kier molecular flexibility index (Phi) is 4.87. The summed E-state index contributed by atoms with van der Waals surface area (Å²) in [5, 5.41) is 17.5. The number of carboxylic acids is 1. The van der Waals surface area contributed by atoms with Gasteiger partial charge in [0.2, 0.25) is 0 Å². The summed E-state index contributed by atoms with van der Waals surface area (Å²) in [6.45, 7) is 4.04. The predicted octanol–water partition coefficient (Wildman–Crippen LogP) is 3.23. The Morgan fingerprint density at radius 3 is 2.74 bits per heavy atom. The minimum atomic E-state index is -1.31. The number of nitriles is 1. The third-order valence-corrected chi connectivity index (χ3v) is 2.69. The maximum atomic E-state index is 13.4. The van der Waals surface area contributed by atoms with Gasteiger partial charge in [-0.15, -0.1) is 0 Å². The van der Waals surface area contributed by atoms with Crippen molar-refractivity contribution in [2.45, 2.75) is 26.7 Å². The lowest BCUT2D eigenvalue weighted by atomic mass is 9.90. The molecule has 0 bridgehead atoms. The highest BCUT2D eigenvalue weighted by atomic mass is 19.1. The molecule has 1 aromatic carbocycles. The van der Waals surface area contributed by atoms with Gasteiger partial charge in [-0.1, -0.05) is 0 Å². The molecule has 0 aromatic heterocycles. The monoisotopic (exact) mass is 265 g/mol. The highest BCUT2D eigenvalue weighted by Gasteiger charge is 2.16. The summed E-state index contributed by atoms with van der Waals surface area (Å²) in [5.74, 6) is -1.83. The summed E-state index contributed by atoms with van der Waals surface area (Å²) >= 11 is 0. The van der Waals surface area contributed by atoms with Gasteiger partial charge in [-0.25, -0.2) is 9.18 Å². The molecule has 0 fully saturated rings. The Bertz CT molecular complexity index is 506. The first-order chi connectivity index (χ1) is 8.85. The molecule has 0 radical (unpaired) electrons. The second kappa shape index (κ2) is 6.19. The normalized spacial score (nSPS) is 10.8. The Balaban J connectivity index is 2.49. The van der Waals surface area contributed by atoms with Gasteiger partial charge in [-0.2, -0.15) is 5.26 Å². The zero-order valence-electron chi connectivity index (χ0n) is 10.9. The fourth-order valence-electron chi connectivity index (χ4n) is 1.52. The van der Waals surface area contributed by atoms with Crippen LogP contribution in [0.2, 0.25) is 0 Å². The van der Waals surface area contributed by atoms with E-state index in [4.69, 9.17) is 15.1 Å². The lowest BCUT2D eigenvalue weighted by molar-refractivity contribution is 0.0692. The van der Waals surface area contributed by atoms with E-state index in [-0.39, 0.29) is 11.3 Å². The van der Waals surface area contributed by atoms with E-state index in [0.717, 1.165) is 6.07 Å². The van der Waals surface area contributed by atoms with Gasteiger partial charge >= 0.3 is 5.97 Å². The molecule has 0 saturated carbocycles. The van der Waals surface area contributed by atoms with Crippen LogP contribution in [0.5, 0.6) is 5.75 Å². The van der Waals surface area contributed by atoms with Crippen molar-refractivity contribution in [3.8, 4) is 11.8 Å². The Morgan fingerprint density at radius 2 is 2.21 bits per heavy atom. The molecule has 4 nitrogen and oxygen atoms in total. The molecule has 1 N–H and O–H groups in total. The van der Waals surface area contributed by atoms with Gasteiger partial charge < -0.3 is 9.84 Å². The lowest BCUT2D eigenvalue weighted by Crippen LogP contribution is -2.10. The highest BCUT2D eigenvalue weighted by molar-refractivity contribution is 5.88. The minimum absolute atomic E-state index is 0.289. The van der Waals surface area contributed by atoms with Crippen molar-refractivity contribution >= 4 is 5.97 Å². The first-order valence-electron chi connectivity index (χ1n) is 5.92. The zero-order valence-corrected chi connectivity index (χ0v) is 10.9. The van der Waals surface area contributed by atoms with E-state index >= 15 is 0 Å². The molecule has 0 amide bonds. The first kappa shape index (κ1) is 15.0. The van der Waals surface area contributed by atoms with Crippen LogP contribution in [0, 0.1) is 22.6 Å². The van der Waals surface area contributed by atoms with E-state index in [1.54, 1.807) is 0 Å². The SMILES string of the molecule is CC(C)(C#N)CCCOc1ccc(C(=O)O)c(F)c1. The molecular formula is C14H16FNO3. The van der Waals surface area contributed by atoms with E-state index < -0.39 is 17.2 Å². The molecule has 0 atom stereocenters. The van der Waals surface area contributed by atoms with Crippen LogP contribution in [0.15, 0.2) is 18.2 Å². The molecule has 19 heavy (non-hydrogen) atoms. The van der Waals surface area contributed by atoms with Crippen LogP contribution < -0.4 is 4.74 Å². The van der Waals surface area contributed by atoms with Crippen molar-refractivity contribution in [2.24, 2.45) is 5.41 Å². The quantitative estimate of drug-likeness (QED) is 0.801. The third-order valence-electron chi connectivity index (χ3n) is 2.69. The summed E-state index contributed by atoms with van der Waals surface area (Å²) in [6, 6.07) is 5.83. The van der Waals surface area contributed by atoms with E-state index in [1.807, 2.05) is 13.8 Å². The van der Waals surface area contributed by atoms with Gasteiger partial charge in [0, 0.05) is 6.07 Å². The van der Waals surface area contributed by atoms with Crippen LogP contribution in [0.1, 0.15) is 37.0 Å². The van der Waals surface area contributed by atoms with Gasteiger partial charge in [0.1, 0.15) is 11.6 Å². The largest absolute Gasteiger partial charge is 0.493 e. The lowest BCUT2D eigenvalue weighted by Gasteiger charge is -2.14. The maximum Gasteiger partial charge on any atom is 0.338 e. The average molecular weight is 265 g/mol. The van der Waals surface area contributed by atoms with E-state index in [2.05, 4.69) is 6.07 Å². The van der Waals surface area contributed by atoms with Crippen LogP contribution in [-0.2, 0) is 0 Å². The van der Waals surface area contributed by atoms with Crippen LogP contribution in [0.4, 0.5) is 4.39 Å². The minimum Gasteiger partial charge on any atom is -0.493 e. The van der Waals surface area contributed by atoms with Crippen molar-refractivity contribution in [1.29, 1.82) is 5.26 Å². The fraction of sp³-hybridized carbons (Fsp3) is 0.429. The topological polar surface area (TPSA) is 70.3 Å². The third kappa shape index (κ3) is 4.59. The van der Waals surface area contributed by atoms with Crippen molar-refractivity contribution in [3.63, 3.8) is 0 Å². The molecule has 0 saturated heterocycles. The summed E-state index contributed by atoms with van der Waals surface area (Å²) < 4.78 is 18.7. The van der Waals surface area contributed by atoms with Crippen LogP contribution in [-0.4, -0.2) is 17.7 Å². The molecule has 0 aliphatic heterocycles. The van der Waals surface area contributed by atoms with Gasteiger partial charge in [0.25, 0.3) is 0 Å². The highest BCUT2D eigenvalue weighted by Crippen LogP contribution is 2.21. The molecule has 0 heterocycles. The van der Waals surface area contributed by atoms with E-state index in [9.17, 15) is 9.18 Å². The molecule has 0 spiro atoms. The maximum absolute atomic E-state index is 13.4. The molecule has 1 rings (SSSR count). The Labute approximate surface area is 111 Å². The molecule has 0 aliphatic carbocycles. The molecule has 0 aliphatic rings. The number of rotatable bonds is 6. The van der Waals surface area contributed by atoms with Crippen molar-refractivity contribution in [1.82, 2.24) is 0 Å². The second-order valence-corrected chi connectivity index (χ2v) is 4.89. The Morgan fingerprint density at radius 1 is 1.53 bits per heavy atom.